The normalized spacial score (nSPS) is 12.0. The highest BCUT2D eigenvalue weighted by Gasteiger charge is 2.15. The number of aliphatic imine (C=N–C) groups is 1. The first-order valence-corrected chi connectivity index (χ1v) is 7.28. The van der Waals surface area contributed by atoms with Crippen LogP contribution in [-0.4, -0.2) is 37.0 Å². The van der Waals surface area contributed by atoms with E-state index in [1.54, 1.807) is 12.1 Å². The van der Waals surface area contributed by atoms with E-state index in [-0.39, 0.29) is 27.6 Å². The minimum absolute atomic E-state index is 0.102. The van der Waals surface area contributed by atoms with Crippen LogP contribution in [0.25, 0.3) is 0 Å². The number of nitrogens with zero attached hydrogens (tertiary/aromatic N) is 1. The Morgan fingerprint density at radius 2 is 2.09 bits per heavy atom. The summed E-state index contributed by atoms with van der Waals surface area (Å²) in [7, 11) is 1.19. The summed E-state index contributed by atoms with van der Waals surface area (Å²) in [6.07, 6.45) is 1.83. The van der Waals surface area contributed by atoms with Gasteiger partial charge in [-0.1, -0.05) is 24.6 Å². The zero-order valence-electron chi connectivity index (χ0n) is 13.1. The van der Waals surface area contributed by atoms with Crippen LogP contribution in [0.1, 0.15) is 30.6 Å². The molecule has 0 amide bonds. The summed E-state index contributed by atoms with van der Waals surface area (Å²) in [4.78, 5) is 27.4. The van der Waals surface area contributed by atoms with Crippen LogP contribution in [0.2, 0.25) is 5.02 Å². The molecule has 0 aromatic heterocycles. The molecule has 23 heavy (non-hydrogen) atoms. The standard InChI is InChI=1S/C16H18ClNO5/c1-4-8-23-16(21)11-6-5-7-13(14(11)17)18-9-12(10(2)19)15(20)22-3/h5-7,9,19H,4,8H2,1-3H3. The lowest BCUT2D eigenvalue weighted by atomic mass is 10.2. The molecule has 0 radical (unpaired) electrons. The van der Waals surface area contributed by atoms with E-state index >= 15 is 0 Å². The first-order valence-electron chi connectivity index (χ1n) is 6.90. The summed E-state index contributed by atoms with van der Waals surface area (Å²) in [6, 6.07) is 4.68. The third kappa shape index (κ3) is 5.10. The topological polar surface area (TPSA) is 85.2 Å². The highest BCUT2D eigenvalue weighted by Crippen LogP contribution is 2.29. The Morgan fingerprint density at radius 3 is 2.65 bits per heavy atom. The Labute approximate surface area is 139 Å². The molecule has 0 saturated carbocycles. The lowest BCUT2D eigenvalue weighted by Gasteiger charge is -2.07. The smallest absolute Gasteiger partial charge is 0.342 e. The number of rotatable bonds is 6. The SMILES string of the molecule is CCCOC(=O)c1cccc(N=CC(C(=O)OC)=C(C)O)c1Cl. The highest BCUT2D eigenvalue weighted by molar-refractivity contribution is 6.36. The van der Waals surface area contributed by atoms with Gasteiger partial charge < -0.3 is 14.6 Å². The Hall–Kier alpha value is -2.34. The molecule has 1 rings (SSSR count). The molecule has 1 aromatic rings. The fourth-order valence-electron chi connectivity index (χ4n) is 1.59. The zero-order chi connectivity index (χ0) is 17.4. The molecule has 1 aromatic carbocycles. The molecule has 0 bridgehead atoms. The van der Waals surface area contributed by atoms with Crippen molar-refractivity contribution in [3.05, 3.63) is 40.1 Å². The van der Waals surface area contributed by atoms with E-state index in [0.29, 0.717) is 13.0 Å². The minimum atomic E-state index is -0.733. The molecule has 0 aliphatic rings. The van der Waals surface area contributed by atoms with Crippen LogP contribution in [0.5, 0.6) is 0 Å². The minimum Gasteiger partial charge on any atom is -0.512 e. The Bertz CT molecular complexity index is 648. The maximum atomic E-state index is 11.9. The van der Waals surface area contributed by atoms with Gasteiger partial charge in [-0.3, -0.25) is 4.99 Å². The average molecular weight is 340 g/mol. The van der Waals surface area contributed by atoms with Crippen molar-refractivity contribution in [2.75, 3.05) is 13.7 Å². The van der Waals surface area contributed by atoms with Crippen molar-refractivity contribution >= 4 is 35.4 Å². The van der Waals surface area contributed by atoms with Gasteiger partial charge in [-0.25, -0.2) is 9.59 Å². The van der Waals surface area contributed by atoms with Crippen molar-refractivity contribution in [2.45, 2.75) is 20.3 Å². The number of esters is 2. The van der Waals surface area contributed by atoms with Gasteiger partial charge in [0.15, 0.2) is 0 Å². The van der Waals surface area contributed by atoms with Crippen LogP contribution < -0.4 is 0 Å². The van der Waals surface area contributed by atoms with Crippen LogP contribution in [-0.2, 0) is 14.3 Å². The van der Waals surface area contributed by atoms with Gasteiger partial charge in [-0.05, 0) is 25.5 Å². The van der Waals surface area contributed by atoms with Gasteiger partial charge in [-0.2, -0.15) is 0 Å². The number of carbonyl (C=O) groups excluding carboxylic acids is 2. The van der Waals surface area contributed by atoms with E-state index in [1.807, 2.05) is 6.92 Å². The summed E-state index contributed by atoms with van der Waals surface area (Å²) in [5, 5.41) is 9.58. The van der Waals surface area contributed by atoms with Crippen molar-refractivity contribution in [1.82, 2.24) is 0 Å². The molecule has 124 valence electrons. The van der Waals surface area contributed by atoms with E-state index in [9.17, 15) is 14.7 Å². The predicted molar refractivity (Wildman–Crippen MR) is 87.5 cm³/mol. The molecule has 0 heterocycles. The van der Waals surface area contributed by atoms with E-state index < -0.39 is 11.9 Å². The number of hydrogen-bond acceptors (Lipinski definition) is 6. The van der Waals surface area contributed by atoms with Crippen LogP contribution in [0, 0.1) is 0 Å². The molecule has 0 fully saturated rings. The third-order valence-electron chi connectivity index (χ3n) is 2.76. The summed E-state index contributed by atoms with van der Waals surface area (Å²) >= 11 is 6.15. The number of aliphatic hydroxyl groups excluding tert-OH is 1. The molecule has 0 aliphatic carbocycles. The van der Waals surface area contributed by atoms with E-state index in [0.717, 1.165) is 6.21 Å². The molecule has 0 unspecified atom stereocenters. The van der Waals surface area contributed by atoms with Crippen molar-refractivity contribution in [3.8, 4) is 0 Å². The monoisotopic (exact) mass is 339 g/mol. The van der Waals surface area contributed by atoms with Crippen LogP contribution >= 0.6 is 11.6 Å². The number of methoxy groups -OCH3 is 1. The van der Waals surface area contributed by atoms with Crippen molar-refractivity contribution in [1.29, 1.82) is 0 Å². The lowest BCUT2D eigenvalue weighted by Crippen LogP contribution is -2.08. The van der Waals surface area contributed by atoms with Crippen molar-refractivity contribution < 1.29 is 24.2 Å². The van der Waals surface area contributed by atoms with E-state index in [1.165, 1.54) is 20.1 Å². The number of ether oxygens (including phenoxy) is 2. The lowest BCUT2D eigenvalue weighted by molar-refractivity contribution is -0.135. The van der Waals surface area contributed by atoms with Gasteiger partial charge in [0, 0.05) is 6.21 Å². The molecule has 0 spiro atoms. The molecule has 7 heteroatoms. The Morgan fingerprint density at radius 1 is 1.39 bits per heavy atom. The number of halogens is 1. The Balaban J connectivity index is 3.11. The second-order valence-corrected chi connectivity index (χ2v) is 4.90. The molecule has 0 saturated heterocycles. The largest absolute Gasteiger partial charge is 0.512 e. The second kappa shape index (κ2) is 8.95. The molecule has 6 nitrogen and oxygen atoms in total. The average Bonchev–Trinajstić information content (AvgIpc) is 2.53. The van der Waals surface area contributed by atoms with Gasteiger partial charge in [0.25, 0.3) is 0 Å². The van der Waals surface area contributed by atoms with Crippen molar-refractivity contribution in [2.24, 2.45) is 4.99 Å². The maximum Gasteiger partial charge on any atom is 0.342 e. The number of benzene rings is 1. The first-order chi connectivity index (χ1) is 10.9. The maximum absolute atomic E-state index is 11.9. The molecule has 0 aliphatic heterocycles. The van der Waals surface area contributed by atoms with Crippen molar-refractivity contribution in [3.63, 3.8) is 0 Å². The summed E-state index contributed by atoms with van der Waals surface area (Å²) in [5.41, 5.74) is 0.335. The summed E-state index contributed by atoms with van der Waals surface area (Å²) < 4.78 is 9.58. The first kappa shape index (κ1) is 18.7. The van der Waals surface area contributed by atoms with Gasteiger partial charge in [-0.15, -0.1) is 0 Å². The van der Waals surface area contributed by atoms with E-state index in [4.69, 9.17) is 16.3 Å². The quantitative estimate of drug-likeness (QED) is 0.370. The fourth-order valence-corrected chi connectivity index (χ4v) is 1.84. The Kier molecular flexibility index (Phi) is 7.28. The van der Waals surface area contributed by atoms with Gasteiger partial charge >= 0.3 is 11.9 Å². The van der Waals surface area contributed by atoms with E-state index in [2.05, 4.69) is 9.73 Å². The predicted octanol–water partition coefficient (Wildman–Crippen LogP) is 3.61. The number of aliphatic hydroxyl groups is 1. The summed E-state index contributed by atoms with van der Waals surface area (Å²) in [6.45, 7) is 3.51. The van der Waals surface area contributed by atoms with Gasteiger partial charge in [0.1, 0.15) is 11.3 Å². The van der Waals surface area contributed by atoms with Crippen LogP contribution in [0.4, 0.5) is 5.69 Å². The van der Waals surface area contributed by atoms with Gasteiger partial charge in [0.2, 0.25) is 0 Å². The third-order valence-corrected chi connectivity index (χ3v) is 3.16. The molecule has 1 N–H and O–H groups in total. The fraction of sp³-hybridized carbons (Fsp3) is 0.312. The van der Waals surface area contributed by atoms with Gasteiger partial charge in [0.05, 0.1) is 30.0 Å². The molecule has 0 atom stereocenters. The molecular weight excluding hydrogens is 322 g/mol. The van der Waals surface area contributed by atoms with Crippen LogP contribution in [0.15, 0.2) is 34.5 Å². The number of hydrogen-bond donors (Lipinski definition) is 1. The number of carbonyl (C=O) groups is 2. The molecular formula is C16H18ClNO5. The zero-order valence-corrected chi connectivity index (χ0v) is 13.9. The highest BCUT2D eigenvalue weighted by atomic mass is 35.5. The van der Waals surface area contributed by atoms with Crippen LogP contribution in [0.3, 0.4) is 0 Å². The second-order valence-electron chi connectivity index (χ2n) is 4.52. The number of allylic oxidation sites excluding steroid dienone is 1. The summed E-state index contributed by atoms with van der Waals surface area (Å²) in [5.74, 6) is -1.52.